The van der Waals surface area contributed by atoms with Gasteiger partial charge < -0.3 is 10.2 Å². The highest BCUT2D eigenvalue weighted by Crippen LogP contribution is 2.35. The van der Waals surface area contributed by atoms with Crippen LogP contribution in [0, 0.1) is 11.7 Å². The normalized spacial score (nSPS) is 21.5. The van der Waals surface area contributed by atoms with Crippen LogP contribution in [0.5, 0.6) is 0 Å². The van der Waals surface area contributed by atoms with E-state index in [4.69, 9.17) is 11.6 Å². The molecule has 0 bridgehead atoms. The van der Waals surface area contributed by atoms with E-state index >= 15 is 0 Å². The molecule has 1 aliphatic rings. The number of hydrogen-bond donors (Lipinski definition) is 1. The zero-order chi connectivity index (χ0) is 14.0. The first-order valence-electron chi connectivity index (χ1n) is 6.65. The quantitative estimate of drug-likeness (QED) is 0.885. The van der Waals surface area contributed by atoms with Crippen molar-refractivity contribution in [1.82, 2.24) is 5.32 Å². The summed E-state index contributed by atoms with van der Waals surface area (Å²) in [6, 6.07) is 3.30. The zero-order valence-electron chi connectivity index (χ0n) is 11.2. The third-order valence-corrected chi connectivity index (χ3v) is 4.73. The van der Waals surface area contributed by atoms with E-state index < -0.39 is 0 Å². The topological polar surface area (TPSA) is 15.3 Å². The lowest BCUT2D eigenvalue weighted by atomic mass is 9.97. The lowest BCUT2D eigenvalue weighted by molar-refractivity contribution is 0.341. The van der Waals surface area contributed by atoms with E-state index in [0.29, 0.717) is 17.0 Å². The molecular formula is C14H19BrClFN2. The van der Waals surface area contributed by atoms with Gasteiger partial charge in [0.1, 0.15) is 5.82 Å². The summed E-state index contributed by atoms with van der Waals surface area (Å²) in [5.41, 5.74) is 0.901. The van der Waals surface area contributed by atoms with Crippen LogP contribution in [-0.2, 0) is 0 Å². The van der Waals surface area contributed by atoms with E-state index in [2.05, 4.69) is 40.0 Å². The number of halogens is 3. The van der Waals surface area contributed by atoms with Crippen molar-refractivity contribution in [3.05, 3.63) is 27.4 Å². The SMILES string of the molecule is CCC(C)C1CN(c2c(Cl)cc(F)cc2Br)CCN1. The standard InChI is InChI=1S/C14H19BrClFN2/c1-3-9(2)13-8-19(5-4-18-13)14-11(15)6-10(17)7-12(14)16/h6-7,9,13,18H,3-5,8H2,1-2H3. The molecule has 1 fully saturated rings. The van der Waals surface area contributed by atoms with Gasteiger partial charge in [-0.3, -0.25) is 0 Å². The maximum Gasteiger partial charge on any atom is 0.125 e. The van der Waals surface area contributed by atoms with E-state index in [0.717, 1.165) is 36.2 Å². The zero-order valence-corrected chi connectivity index (χ0v) is 13.6. The summed E-state index contributed by atoms with van der Waals surface area (Å²) in [6.07, 6.45) is 1.14. The first-order chi connectivity index (χ1) is 9.02. The van der Waals surface area contributed by atoms with Gasteiger partial charge >= 0.3 is 0 Å². The highest BCUT2D eigenvalue weighted by molar-refractivity contribution is 9.10. The van der Waals surface area contributed by atoms with Gasteiger partial charge in [-0.1, -0.05) is 31.9 Å². The van der Waals surface area contributed by atoms with Gasteiger partial charge in [0, 0.05) is 30.1 Å². The molecule has 0 radical (unpaired) electrons. The lowest BCUT2D eigenvalue weighted by Gasteiger charge is -2.38. The minimum atomic E-state index is -0.311. The van der Waals surface area contributed by atoms with Gasteiger partial charge in [0.15, 0.2) is 0 Å². The molecule has 1 aromatic rings. The first kappa shape index (κ1) is 15.1. The fourth-order valence-corrected chi connectivity index (χ4v) is 3.61. The van der Waals surface area contributed by atoms with Gasteiger partial charge in [-0.05, 0) is 34.0 Å². The van der Waals surface area contributed by atoms with Crippen molar-refractivity contribution in [3.8, 4) is 0 Å². The van der Waals surface area contributed by atoms with Crippen molar-refractivity contribution in [3.63, 3.8) is 0 Å². The van der Waals surface area contributed by atoms with Crippen molar-refractivity contribution in [2.75, 3.05) is 24.5 Å². The fraction of sp³-hybridized carbons (Fsp3) is 0.571. The molecule has 0 spiro atoms. The van der Waals surface area contributed by atoms with E-state index in [-0.39, 0.29) is 5.82 Å². The smallest absolute Gasteiger partial charge is 0.125 e. The minimum Gasteiger partial charge on any atom is -0.367 e. The lowest BCUT2D eigenvalue weighted by Crippen LogP contribution is -2.53. The Morgan fingerprint density at radius 1 is 1.58 bits per heavy atom. The van der Waals surface area contributed by atoms with Crippen molar-refractivity contribution in [2.24, 2.45) is 5.92 Å². The molecule has 2 unspecified atom stereocenters. The second-order valence-corrected chi connectivity index (χ2v) is 6.37. The summed E-state index contributed by atoms with van der Waals surface area (Å²) in [5.74, 6) is 0.301. The molecule has 0 amide bonds. The highest BCUT2D eigenvalue weighted by atomic mass is 79.9. The van der Waals surface area contributed by atoms with Crippen LogP contribution < -0.4 is 10.2 Å². The Bertz CT molecular complexity index is 432. The fourth-order valence-electron chi connectivity index (χ4n) is 2.48. The third-order valence-electron chi connectivity index (χ3n) is 3.83. The number of nitrogens with one attached hydrogen (secondary N) is 1. The molecule has 1 saturated heterocycles. The van der Waals surface area contributed by atoms with Crippen LogP contribution >= 0.6 is 27.5 Å². The molecule has 19 heavy (non-hydrogen) atoms. The largest absolute Gasteiger partial charge is 0.367 e. The Balaban J connectivity index is 2.22. The Hall–Kier alpha value is -0.320. The summed E-state index contributed by atoms with van der Waals surface area (Å²) in [4.78, 5) is 2.24. The average molecular weight is 350 g/mol. The molecule has 106 valence electrons. The molecule has 0 saturated carbocycles. The molecule has 2 nitrogen and oxygen atoms in total. The number of hydrogen-bond acceptors (Lipinski definition) is 2. The van der Waals surface area contributed by atoms with Crippen LogP contribution in [0.15, 0.2) is 16.6 Å². The molecule has 0 aliphatic carbocycles. The summed E-state index contributed by atoms with van der Waals surface area (Å²) in [5, 5.41) is 4.01. The summed E-state index contributed by atoms with van der Waals surface area (Å²) in [7, 11) is 0. The average Bonchev–Trinajstić information content (AvgIpc) is 2.37. The van der Waals surface area contributed by atoms with Gasteiger partial charge in [-0.2, -0.15) is 0 Å². The molecule has 1 N–H and O–H groups in total. The van der Waals surface area contributed by atoms with E-state index in [9.17, 15) is 4.39 Å². The van der Waals surface area contributed by atoms with E-state index in [1.54, 1.807) is 0 Å². The van der Waals surface area contributed by atoms with E-state index in [1.807, 2.05) is 0 Å². The molecule has 2 rings (SSSR count). The molecule has 1 aromatic carbocycles. The second-order valence-electron chi connectivity index (χ2n) is 5.11. The molecule has 2 atom stereocenters. The number of anilines is 1. The summed E-state index contributed by atoms with van der Waals surface area (Å²) in [6.45, 7) is 7.17. The van der Waals surface area contributed by atoms with Crippen LogP contribution in [0.3, 0.4) is 0 Å². The first-order valence-corrected chi connectivity index (χ1v) is 7.83. The van der Waals surface area contributed by atoms with Crippen molar-refractivity contribution in [2.45, 2.75) is 26.3 Å². The predicted molar refractivity (Wildman–Crippen MR) is 82.6 cm³/mol. The van der Waals surface area contributed by atoms with Crippen molar-refractivity contribution in [1.29, 1.82) is 0 Å². The Morgan fingerprint density at radius 3 is 2.95 bits per heavy atom. The number of rotatable bonds is 3. The maximum atomic E-state index is 13.3. The maximum absolute atomic E-state index is 13.3. The van der Waals surface area contributed by atoms with Crippen LogP contribution in [0.25, 0.3) is 0 Å². The van der Waals surface area contributed by atoms with Crippen molar-refractivity contribution < 1.29 is 4.39 Å². The predicted octanol–water partition coefficient (Wildman–Crippen LogP) is 4.07. The van der Waals surface area contributed by atoms with Crippen molar-refractivity contribution >= 4 is 33.2 Å². The van der Waals surface area contributed by atoms with Gasteiger partial charge in [0.2, 0.25) is 0 Å². The van der Waals surface area contributed by atoms with Gasteiger partial charge in [0.05, 0.1) is 10.7 Å². The molecule has 5 heteroatoms. The summed E-state index contributed by atoms with van der Waals surface area (Å²) < 4.78 is 14.0. The van der Waals surface area contributed by atoms with Crippen LogP contribution in [0.1, 0.15) is 20.3 Å². The number of benzene rings is 1. The Morgan fingerprint density at radius 2 is 2.32 bits per heavy atom. The van der Waals surface area contributed by atoms with Crippen LogP contribution in [-0.4, -0.2) is 25.7 Å². The van der Waals surface area contributed by atoms with Gasteiger partial charge in [-0.25, -0.2) is 4.39 Å². The number of nitrogens with zero attached hydrogens (tertiary/aromatic N) is 1. The van der Waals surface area contributed by atoms with E-state index in [1.165, 1.54) is 12.1 Å². The number of piperazine rings is 1. The molecular weight excluding hydrogens is 331 g/mol. The highest BCUT2D eigenvalue weighted by Gasteiger charge is 2.25. The third kappa shape index (κ3) is 3.41. The Labute approximate surface area is 127 Å². The summed E-state index contributed by atoms with van der Waals surface area (Å²) >= 11 is 9.62. The Kier molecular flexibility index (Phi) is 5.09. The monoisotopic (exact) mass is 348 g/mol. The molecule has 0 aromatic heterocycles. The molecule has 1 aliphatic heterocycles. The van der Waals surface area contributed by atoms with Gasteiger partial charge in [0.25, 0.3) is 0 Å². The van der Waals surface area contributed by atoms with Gasteiger partial charge in [-0.15, -0.1) is 0 Å². The molecule has 1 heterocycles. The second kappa shape index (κ2) is 6.42. The van der Waals surface area contributed by atoms with Crippen LogP contribution in [0.2, 0.25) is 5.02 Å². The van der Waals surface area contributed by atoms with Crippen LogP contribution in [0.4, 0.5) is 10.1 Å². The minimum absolute atomic E-state index is 0.311.